The van der Waals surface area contributed by atoms with Gasteiger partial charge in [-0.2, -0.15) is 18.2 Å². The second-order valence-corrected chi connectivity index (χ2v) is 3.06. The van der Waals surface area contributed by atoms with Gasteiger partial charge in [-0.1, -0.05) is 0 Å². The van der Waals surface area contributed by atoms with Crippen molar-refractivity contribution in [3.8, 4) is 11.5 Å². The molecule has 0 saturated heterocycles. The van der Waals surface area contributed by atoms with Gasteiger partial charge in [0.25, 0.3) is 0 Å². The van der Waals surface area contributed by atoms with Crippen LogP contribution in [0.5, 0.6) is 0 Å². The summed E-state index contributed by atoms with van der Waals surface area (Å²) in [5.74, 6) is 0.302. The maximum absolute atomic E-state index is 11.9. The molecule has 5 nitrogen and oxygen atoms in total. The molecule has 0 aliphatic carbocycles. The Morgan fingerprint density at radius 2 is 2.19 bits per heavy atom. The van der Waals surface area contributed by atoms with Gasteiger partial charge in [-0.3, -0.25) is 5.10 Å². The summed E-state index contributed by atoms with van der Waals surface area (Å²) in [6.07, 6.45) is -2.60. The minimum atomic E-state index is -4.28. The van der Waals surface area contributed by atoms with Crippen molar-refractivity contribution in [2.75, 3.05) is 11.9 Å². The molecule has 0 aliphatic rings. The maximum Gasteiger partial charge on any atom is 0.405 e. The molecule has 0 radical (unpaired) electrons. The molecule has 8 heteroatoms. The summed E-state index contributed by atoms with van der Waals surface area (Å²) in [4.78, 5) is 6.70. The molecular weight excluding hydrogens is 223 g/mol. The second-order valence-electron chi connectivity index (χ2n) is 3.06. The first-order valence-electron chi connectivity index (χ1n) is 4.41. The zero-order chi connectivity index (χ0) is 11.6. The highest BCUT2D eigenvalue weighted by atomic mass is 19.4. The van der Waals surface area contributed by atoms with E-state index in [-0.39, 0.29) is 5.95 Å². The van der Waals surface area contributed by atoms with Crippen molar-refractivity contribution in [2.24, 2.45) is 0 Å². The normalized spacial score (nSPS) is 11.7. The van der Waals surface area contributed by atoms with E-state index in [2.05, 4.69) is 25.5 Å². The molecule has 0 spiro atoms. The Labute approximate surface area is 88.1 Å². The van der Waals surface area contributed by atoms with Crippen LogP contribution in [-0.4, -0.2) is 32.9 Å². The molecule has 2 aromatic heterocycles. The lowest BCUT2D eigenvalue weighted by atomic mass is 10.4. The van der Waals surface area contributed by atoms with Gasteiger partial charge in [0.05, 0.1) is 5.69 Å². The lowest BCUT2D eigenvalue weighted by Gasteiger charge is -2.04. The van der Waals surface area contributed by atoms with Gasteiger partial charge in [0.1, 0.15) is 6.54 Å². The van der Waals surface area contributed by atoms with E-state index < -0.39 is 12.7 Å². The number of aromatic nitrogens is 4. The summed E-state index contributed by atoms with van der Waals surface area (Å²) < 4.78 is 35.7. The number of nitrogens with zero attached hydrogens (tertiary/aromatic N) is 2. The molecule has 0 aliphatic heterocycles. The number of aromatic amines is 2. The van der Waals surface area contributed by atoms with Crippen molar-refractivity contribution in [2.45, 2.75) is 6.18 Å². The van der Waals surface area contributed by atoms with Crippen LogP contribution >= 0.6 is 0 Å². The van der Waals surface area contributed by atoms with Gasteiger partial charge in [-0.25, -0.2) is 0 Å². The van der Waals surface area contributed by atoms with Gasteiger partial charge in [-0.15, -0.1) is 5.10 Å². The van der Waals surface area contributed by atoms with Crippen molar-refractivity contribution >= 4 is 5.95 Å². The standard InChI is InChI=1S/C8H8F3N5/c9-8(10,11)4-13-7-14-6(15-16-7)5-2-1-3-12-5/h1-3,12H,4H2,(H2,13,14,15,16). The van der Waals surface area contributed by atoms with Crippen molar-refractivity contribution in [3.63, 3.8) is 0 Å². The SMILES string of the molecule is FC(F)(F)CNc1n[nH]c(-c2ccc[nH]2)n1. The average Bonchev–Trinajstić information content (AvgIpc) is 2.84. The van der Waals surface area contributed by atoms with Crippen LogP contribution in [0.2, 0.25) is 0 Å². The van der Waals surface area contributed by atoms with Crippen molar-refractivity contribution < 1.29 is 13.2 Å². The number of rotatable bonds is 3. The van der Waals surface area contributed by atoms with E-state index in [1.165, 1.54) is 0 Å². The smallest absolute Gasteiger partial charge is 0.359 e. The van der Waals surface area contributed by atoms with Crippen LogP contribution in [0.4, 0.5) is 19.1 Å². The number of H-pyrrole nitrogens is 2. The number of halogens is 3. The van der Waals surface area contributed by atoms with Gasteiger partial charge in [0.2, 0.25) is 5.95 Å². The Hall–Kier alpha value is -1.99. The van der Waals surface area contributed by atoms with Crippen molar-refractivity contribution in [1.29, 1.82) is 0 Å². The molecule has 3 N–H and O–H groups in total. The molecule has 0 fully saturated rings. The quantitative estimate of drug-likeness (QED) is 0.754. The van der Waals surface area contributed by atoms with Crippen LogP contribution in [0.1, 0.15) is 0 Å². The third-order valence-electron chi connectivity index (χ3n) is 1.79. The highest BCUT2D eigenvalue weighted by molar-refractivity contribution is 5.50. The summed E-state index contributed by atoms with van der Waals surface area (Å²) in [5.41, 5.74) is 0.660. The van der Waals surface area contributed by atoms with E-state index in [1.54, 1.807) is 18.3 Å². The zero-order valence-electron chi connectivity index (χ0n) is 7.97. The van der Waals surface area contributed by atoms with E-state index >= 15 is 0 Å². The largest absolute Gasteiger partial charge is 0.405 e. The van der Waals surface area contributed by atoms with E-state index in [1.807, 2.05) is 0 Å². The Morgan fingerprint density at radius 3 is 2.81 bits per heavy atom. The van der Waals surface area contributed by atoms with Crippen LogP contribution in [0.15, 0.2) is 18.3 Å². The average molecular weight is 231 g/mol. The fraction of sp³-hybridized carbons (Fsp3) is 0.250. The molecule has 86 valence electrons. The number of alkyl halides is 3. The van der Waals surface area contributed by atoms with Crippen LogP contribution in [0, 0.1) is 0 Å². The number of anilines is 1. The van der Waals surface area contributed by atoms with E-state index in [9.17, 15) is 13.2 Å². The Morgan fingerprint density at radius 1 is 1.38 bits per heavy atom. The predicted molar refractivity (Wildman–Crippen MR) is 50.7 cm³/mol. The molecule has 2 rings (SSSR count). The highest BCUT2D eigenvalue weighted by Crippen LogP contribution is 2.16. The fourth-order valence-corrected chi connectivity index (χ4v) is 1.12. The first-order chi connectivity index (χ1) is 7.54. The minimum Gasteiger partial charge on any atom is -0.359 e. The van der Waals surface area contributed by atoms with Gasteiger partial charge in [0, 0.05) is 6.20 Å². The van der Waals surface area contributed by atoms with Gasteiger partial charge < -0.3 is 10.3 Å². The minimum absolute atomic E-state index is 0.0816. The third kappa shape index (κ3) is 2.53. The van der Waals surface area contributed by atoms with E-state index in [0.29, 0.717) is 11.5 Å². The Kier molecular flexibility index (Phi) is 2.55. The third-order valence-corrected chi connectivity index (χ3v) is 1.79. The molecule has 0 aromatic carbocycles. The predicted octanol–water partition coefficient (Wildman–Crippen LogP) is 1.77. The van der Waals surface area contributed by atoms with Crippen LogP contribution in [0.25, 0.3) is 11.5 Å². The molecule has 2 heterocycles. The van der Waals surface area contributed by atoms with Gasteiger partial charge in [-0.05, 0) is 12.1 Å². The van der Waals surface area contributed by atoms with Crippen LogP contribution in [-0.2, 0) is 0 Å². The lowest BCUT2D eigenvalue weighted by Crippen LogP contribution is -2.21. The summed E-state index contributed by atoms with van der Waals surface area (Å²) in [7, 11) is 0. The first kappa shape index (κ1) is 10.5. The Balaban J connectivity index is 2.03. The summed E-state index contributed by atoms with van der Waals surface area (Å²) in [6, 6.07) is 3.48. The Bertz CT molecular complexity index is 444. The molecule has 0 bridgehead atoms. The molecule has 2 aromatic rings. The van der Waals surface area contributed by atoms with E-state index in [4.69, 9.17) is 0 Å². The van der Waals surface area contributed by atoms with E-state index in [0.717, 1.165) is 0 Å². The highest BCUT2D eigenvalue weighted by Gasteiger charge is 2.27. The van der Waals surface area contributed by atoms with Crippen molar-refractivity contribution in [3.05, 3.63) is 18.3 Å². The number of hydrogen-bond donors (Lipinski definition) is 3. The molecule has 0 atom stereocenters. The fourth-order valence-electron chi connectivity index (χ4n) is 1.12. The number of nitrogens with one attached hydrogen (secondary N) is 3. The summed E-state index contributed by atoms with van der Waals surface area (Å²) >= 11 is 0. The topological polar surface area (TPSA) is 69.4 Å². The van der Waals surface area contributed by atoms with Crippen molar-refractivity contribution in [1.82, 2.24) is 20.2 Å². The van der Waals surface area contributed by atoms with Gasteiger partial charge in [0.15, 0.2) is 5.82 Å². The van der Waals surface area contributed by atoms with Crippen LogP contribution in [0.3, 0.4) is 0 Å². The molecule has 0 unspecified atom stereocenters. The van der Waals surface area contributed by atoms with Crippen LogP contribution < -0.4 is 5.32 Å². The molecular formula is C8H8F3N5. The molecule has 0 amide bonds. The van der Waals surface area contributed by atoms with Gasteiger partial charge >= 0.3 is 6.18 Å². The molecule has 16 heavy (non-hydrogen) atoms. The lowest BCUT2D eigenvalue weighted by molar-refractivity contribution is -0.115. The zero-order valence-corrected chi connectivity index (χ0v) is 7.97. The maximum atomic E-state index is 11.9. The summed E-state index contributed by atoms with van der Waals surface area (Å²) in [6.45, 7) is -1.16. The monoisotopic (exact) mass is 231 g/mol. The second kappa shape index (κ2) is 3.87. The first-order valence-corrected chi connectivity index (χ1v) is 4.41. The molecule has 0 saturated carbocycles. The summed E-state index contributed by atoms with van der Waals surface area (Å²) in [5, 5.41) is 8.20. The number of hydrogen-bond acceptors (Lipinski definition) is 3.